The number of carbonyl (C=O) groups is 1. The molecule has 0 spiro atoms. The first-order valence-corrected chi connectivity index (χ1v) is 7.22. The number of amides is 1. The molecule has 0 bridgehead atoms. The summed E-state index contributed by atoms with van der Waals surface area (Å²) in [5.41, 5.74) is 2.29. The second-order valence-corrected chi connectivity index (χ2v) is 5.51. The number of pyridine rings is 1. The molecule has 3 rings (SSSR count). The molecule has 1 amide bonds. The summed E-state index contributed by atoms with van der Waals surface area (Å²) >= 11 is 2.16. The standard InChI is InChI=1S/C16H11IN2O/c17-14-7-3-2-6-13(14)16(20)19-12-9-11-5-1-4-8-15(11)18-10-12/h1-10H,(H,19,20). The van der Waals surface area contributed by atoms with Crippen molar-refractivity contribution in [2.45, 2.75) is 0 Å². The molecular formula is C16H11IN2O. The molecule has 1 heterocycles. The summed E-state index contributed by atoms with van der Waals surface area (Å²) in [6, 6.07) is 17.2. The molecule has 0 saturated heterocycles. The van der Waals surface area contributed by atoms with Gasteiger partial charge in [-0.15, -0.1) is 0 Å². The minimum atomic E-state index is -0.118. The number of benzene rings is 2. The topological polar surface area (TPSA) is 42.0 Å². The van der Waals surface area contributed by atoms with Crippen molar-refractivity contribution in [3.8, 4) is 0 Å². The van der Waals surface area contributed by atoms with E-state index in [1.54, 1.807) is 6.20 Å². The third-order valence-electron chi connectivity index (χ3n) is 2.97. The molecule has 3 aromatic rings. The van der Waals surface area contributed by atoms with E-state index in [0.717, 1.165) is 14.5 Å². The largest absolute Gasteiger partial charge is 0.321 e. The smallest absolute Gasteiger partial charge is 0.256 e. The summed E-state index contributed by atoms with van der Waals surface area (Å²) in [5, 5.41) is 3.89. The number of anilines is 1. The Kier molecular flexibility index (Phi) is 3.64. The fourth-order valence-corrected chi connectivity index (χ4v) is 2.62. The highest BCUT2D eigenvalue weighted by molar-refractivity contribution is 14.1. The molecule has 20 heavy (non-hydrogen) atoms. The highest BCUT2D eigenvalue weighted by atomic mass is 127. The molecular weight excluding hydrogens is 363 g/mol. The van der Waals surface area contributed by atoms with Gasteiger partial charge in [0.25, 0.3) is 5.91 Å². The van der Waals surface area contributed by atoms with Crippen LogP contribution in [-0.2, 0) is 0 Å². The van der Waals surface area contributed by atoms with Crippen LogP contribution in [0.3, 0.4) is 0 Å². The Morgan fingerprint density at radius 1 is 1.05 bits per heavy atom. The number of hydrogen-bond donors (Lipinski definition) is 1. The van der Waals surface area contributed by atoms with Gasteiger partial charge in [-0.3, -0.25) is 9.78 Å². The van der Waals surface area contributed by atoms with E-state index < -0.39 is 0 Å². The first kappa shape index (κ1) is 13.1. The predicted molar refractivity (Wildman–Crippen MR) is 88.9 cm³/mol. The van der Waals surface area contributed by atoms with E-state index in [1.165, 1.54) is 0 Å². The Labute approximate surface area is 130 Å². The average molecular weight is 374 g/mol. The van der Waals surface area contributed by atoms with Gasteiger partial charge < -0.3 is 5.32 Å². The van der Waals surface area contributed by atoms with Gasteiger partial charge in [-0.1, -0.05) is 30.3 Å². The molecule has 1 N–H and O–H groups in total. The van der Waals surface area contributed by atoms with Crippen LogP contribution in [0.1, 0.15) is 10.4 Å². The number of nitrogens with one attached hydrogen (secondary N) is 1. The van der Waals surface area contributed by atoms with Gasteiger partial charge in [-0.25, -0.2) is 0 Å². The maximum absolute atomic E-state index is 12.2. The number of rotatable bonds is 2. The van der Waals surface area contributed by atoms with Crippen LogP contribution in [-0.4, -0.2) is 10.9 Å². The minimum absolute atomic E-state index is 0.118. The molecule has 0 atom stereocenters. The lowest BCUT2D eigenvalue weighted by atomic mass is 10.2. The van der Waals surface area contributed by atoms with Crippen LogP contribution < -0.4 is 5.32 Å². The number of fused-ring (bicyclic) bond motifs is 1. The Morgan fingerprint density at radius 2 is 1.80 bits per heavy atom. The number of halogens is 1. The Bertz CT molecular complexity index is 786. The quantitative estimate of drug-likeness (QED) is 0.687. The molecule has 3 nitrogen and oxygen atoms in total. The molecule has 2 aromatic carbocycles. The van der Waals surface area contributed by atoms with Crippen LogP contribution in [0.25, 0.3) is 10.9 Å². The molecule has 0 unspecified atom stereocenters. The number of nitrogens with zero attached hydrogens (tertiary/aromatic N) is 1. The van der Waals surface area contributed by atoms with Gasteiger partial charge in [-0.2, -0.15) is 0 Å². The van der Waals surface area contributed by atoms with Crippen LogP contribution >= 0.6 is 22.6 Å². The minimum Gasteiger partial charge on any atom is -0.321 e. The van der Waals surface area contributed by atoms with Crippen LogP contribution in [0.5, 0.6) is 0 Å². The predicted octanol–water partition coefficient (Wildman–Crippen LogP) is 4.09. The van der Waals surface area contributed by atoms with Crippen LogP contribution in [0.2, 0.25) is 0 Å². The second kappa shape index (κ2) is 5.58. The van der Waals surface area contributed by atoms with Crippen molar-refractivity contribution in [3.05, 3.63) is 69.9 Å². The maximum Gasteiger partial charge on any atom is 0.256 e. The van der Waals surface area contributed by atoms with E-state index in [9.17, 15) is 4.79 Å². The molecule has 0 aliphatic carbocycles. The van der Waals surface area contributed by atoms with Gasteiger partial charge in [0.05, 0.1) is 23.0 Å². The number of hydrogen-bond acceptors (Lipinski definition) is 2. The summed E-state index contributed by atoms with van der Waals surface area (Å²) in [6.07, 6.45) is 1.68. The van der Waals surface area contributed by atoms with Gasteiger partial charge in [0, 0.05) is 8.96 Å². The van der Waals surface area contributed by atoms with E-state index in [4.69, 9.17) is 0 Å². The lowest BCUT2D eigenvalue weighted by Gasteiger charge is -2.07. The molecule has 0 aliphatic rings. The first-order valence-electron chi connectivity index (χ1n) is 6.15. The van der Waals surface area contributed by atoms with E-state index in [0.29, 0.717) is 11.3 Å². The van der Waals surface area contributed by atoms with Gasteiger partial charge >= 0.3 is 0 Å². The third-order valence-corrected chi connectivity index (χ3v) is 3.91. The first-order chi connectivity index (χ1) is 9.74. The van der Waals surface area contributed by atoms with Gasteiger partial charge in [-0.05, 0) is 46.9 Å². The molecule has 0 aliphatic heterocycles. The highest BCUT2D eigenvalue weighted by Crippen LogP contribution is 2.18. The zero-order valence-corrected chi connectivity index (χ0v) is 12.7. The average Bonchev–Trinajstić information content (AvgIpc) is 2.47. The van der Waals surface area contributed by atoms with E-state index in [-0.39, 0.29) is 5.91 Å². The van der Waals surface area contributed by atoms with Gasteiger partial charge in [0.2, 0.25) is 0 Å². The van der Waals surface area contributed by atoms with Gasteiger partial charge in [0.15, 0.2) is 0 Å². The monoisotopic (exact) mass is 374 g/mol. The molecule has 0 fully saturated rings. The van der Waals surface area contributed by atoms with Crippen molar-refractivity contribution in [2.24, 2.45) is 0 Å². The highest BCUT2D eigenvalue weighted by Gasteiger charge is 2.09. The lowest BCUT2D eigenvalue weighted by Crippen LogP contribution is -2.13. The fraction of sp³-hybridized carbons (Fsp3) is 0. The van der Waals surface area contributed by atoms with Crippen molar-refractivity contribution >= 4 is 45.1 Å². The Hall–Kier alpha value is -1.95. The normalized spacial score (nSPS) is 10.4. The van der Waals surface area contributed by atoms with E-state index in [1.807, 2.05) is 54.6 Å². The van der Waals surface area contributed by atoms with Crippen LogP contribution in [0, 0.1) is 3.57 Å². The van der Waals surface area contributed by atoms with Crippen LogP contribution in [0.15, 0.2) is 60.8 Å². The van der Waals surface area contributed by atoms with Crippen molar-refractivity contribution in [1.29, 1.82) is 0 Å². The van der Waals surface area contributed by atoms with Gasteiger partial charge in [0.1, 0.15) is 0 Å². The van der Waals surface area contributed by atoms with Crippen molar-refractivity contribution in [1.82, 2.24) is 4.98 Å². The van der Waals surface area contributed by atoms with Crippen LogP contribution in [0.4, 0.5) is 5.69 Å². The van der Waals surface area contributed by atoms with Crippen molar-refractivity contribution in [2.75, 3.05) is 5.32 Å². The molecule has 98 valence electrons. The van der Waals surface area contributed by atoms with E-state index in [2.05, 4.69) is 32.9 Å². The van der Waals surface area contributed by atoms with Crippen molar-refractivity contribution < 1.29 is 4.79 Å². The molecule has 0 radical (unpaired) electrons. The summed E-state index contributed by atoms with van der Waals surface area (Å²) in [4.78, 5) is 16.6. The van der Waals surface area contributed by atoms with E-state index >= 15 is 0 Å². The lowest BCUT2D eigenvalue weighted by molar-refractivity contribution is 0.102. The number of carbonyl (C=O) groups excluding carboxylic acids is 1. The zero-order valence-electron chi connectivity index (χ0n) is 10.5. The maximum atomic E-state index is 12.2. The molecule has 0 saturated carbocycles. The summed E-state index contributed by atoms with van der Waals surface area (Å²) in [6.45, 7) is 0. The summed E-state index contributed by atoms with van der Waals surface area (Å²) < 4.78 is 0.927. The summed E-state index contributed by atoms with van der Waals surface area (Å²) in [7, 11) is 0. The van der Waals surface area contributed by atoms with Crippen molar-refractivity contribution in [3.63, 3.8) is 0 Å². The molecule has 4 heteroatoms. The Balaban J connectivity index is 1.89. The number of para-hydroxylation sites is 1. The zero-order chi connectivity index (χ0) is 13.9. The third kappa shape index (κ3) is 2.65. The summed E-state index contributed by atoms with van der Waals surface area (Å²) in [5.74, 6) is -0.118. The SMILES string of the molecule is O=C(Nc1cnc2ccccc2c1)c1ccccc1I. The second-order valence-electron chi connectivity index (χ2n) is 4.35. The molecule has 1 aromatic heterocycles. The fourth-order valence-electron chi connectivity index (χ4n) is 1.98. The Morgan fingerprint density at radius 3 is 2.65 bits per heavy atom. The number of aromatic nitrogens is 1.